The maximum atomic E-state index is 10.6. The Hall–Kier alpha value is -2.73. The number of hydrogen-bond donors (Lipinski definition) is 2. The van der Waals surface area contributed by atoms with Crippen molar-refractivity contribution in [3.63, 3.8) is 0 Å². The molecule has 0 aliphatic heterocycles. The first-order valence-electron chi connectivity index (χ1n) is 7.88. The Bertz CT molecular complexity index is 1030. The van der Waals surface area contributed by atoms with Crippen LogP contribution in [0, 0.1) is 6.92 Å². The summed E-state index contributed by atoms with van der Waals surface area (Å²) in [6.07, 6.45) is -2.34. The zero-order chi connectivity index (χ0) is 20.4. The monoisotopic (exact) mass is 395 g/mol. The number of aryl methyl sites for hydroxylation is 1. The highest BCUT2D eigenvalue weighted by Gasteiger charge is 2.38. The number of nitrogen functional groups attached to an aromatic ring is 1. The first-order valence-corrected chi connectivity index (χ1v) is 8.26. The van der Waals surface area contributed by atoms with E-state index in [0.717, 1.165) is 38.7 Å². The molecule has 0 aliphatic rings. The summed E-state index contributed by atoms with van der Waals surface area (Å²) in [4.78, 5) is 8.90. The Morgan fingerprint density at radius 2 is 1.74 bits per heavy atom. The Morgan fingerprint density at radius 3 is 2.26 bits per heavy atom. The lowest BCUT2D eigenvalue weighted by atomic mass is 9.94. The summed E-state index contributed by atoms with van der Waals surface area (Å²) in [5.74, 6) is -2.76. The number of fused-ring (bicyclic) bond motifs is 2. The number of benzene rings is 3. The van der Waals surface area contributed by atoms with Crippen LogP contribution in [0.5, 0.6) is 0 Å². The molecular formula is C20H17ClF3NO2. The van der Waals surface area contributed by atoms with E-state index in [1.807, 2.05) is 30.3 Å². The molecule has 3 aromatic carbocycles. The molecule has 3 rings (SSSR count). The van der Waals surface area contributed by atoms with Gasteiger partial charge in [0.15, 0.2) is 0 Å². The van der Waals surface area contributed by atoms with Gasteiger partial charge in [-0.2, -0.15) is 13.2 Å². The first kappa shape index (κ1) is 20.6. The highest BCUT2D eigenvalue weighted by Crippen LogP contribution is 2.40. The Labute approximate surface area is 158 Å². The van der Waals surface area contributed by atoms with E-state index < -0.39 is 12.1 Å². The number of carbonyl (C=O) groups is 1. The molecular weight excluding hydrogens is 379 g/mol. The lowest BCUT2D eigenvalue weighted by Gasteiger charge is -2.14. The van der Waals surface area contributed by atoms with E-state index in [0.29, 0.717) is 0 Å². The zero-order valence-corrected chi connectivity index (χ0v) is 15.2. The molecule has 0 spiro atoms. The third-order valence-electron chi connectivity index (χ3n) is 4.15. The van der Waals surface area contributed by atoms with E-state index in [-0.39, 0.29) is 0 Å². The van der Waals surface area contributed by atoms with Crippen molar-refractivity contribution in [3.8, 4) is 0 Å². The van der Waals surface area contributed by atoms with Crippen LogP contribution in [0.25, 0.3) is 21.5 Å². The fourth-order valence-electron chi connectivity index (χ4n) is 2.83. The van der Waals surface area contributed by atoms with Crippen LogP contribution >= 0.6 is 11.6 Å². The van der Waals surface area contributed by atoms with E-state index in [4.69, 9.17) is 27.2 Å². The average molecular weight is 396 g/mol. The normalized spacial score (nSPS) is 11.1. The first-order chi connectivity index (χ1) is 12.6. The van der Waals surface area contributed by atoms with Crippen molar-refractivity contribution in [3.05, 3.63) is 65.2 Å². The second kappa shape index (κ2) is 7.88. The summed E-state index contributed by atoms with van der Waals surface area (Å²) < 4.78 is 31.7. The van der Waals surface area contributed by atoms with Crippen molar-refractivity contribution in [2.45, 2.75) is 19.5 Å². The molecule has 0 aliphatic carbocycles. The van der Waals surface area contributed by atoms with Gasteiger partial charge in [-0.25, -0.2) is 4.79 Å². The van der Waals surface area contributed by atoms with Crippen molar-refractivity contribution in [1.29, 1.82) is 0 Å². The largest absolute Gasteiger partial charge is 0.490 e. The highest BCUT2D eigenvalue weighted by molar-refractivity contribution is 6.42. The fourth-order valence-corrected chi connectivity index (χ4v) is 3.24. The predicted molar refractivity (Wildman–Crippen MR) is 103 cm³/mol. The van der Waals surface area contributed by atoms with E-state index in [9.17, 15) is 13.2 Å². The molecule has 0 amide bonds. The molecule has 0 aromatic heterocycles. The Kier molecular flexibility index (Phi) is 6.01. The summed E-state index contributed by atoms with van der Waals surface area (Å²) in [5, 5.41) is 12.0. The summed E-state index contributed by atoms with van der Waals surface area (Å²) in [5.41, 5.74) is 9.56. The zero-order valence-electron chi connectivity index (χ0n) is 14.4. The van der Waals surface area contributed by atoms with Gasteiger partial charge in [0.25, 0.3) is 0 Å². The van der Waals surface area contributed by atoms with Crippen LogP contribution < -0.4 is 5.73 Å². The van der Waals surface area contributed by atoms with Crippen LogP contribution in [0.4, 0.5) is 18.9 Å². The molecule has 0 heterocycles. The van der Waals surface area contributed by atoms with Crippen molar-refractivity contribution < 1.29 is 23.1 Å². The van der Waals surface area contributed by atoms with Gasteiger partial charge in [0.1, 0.15) is 0 Å². The molecule has 3 aromatic rings. The van der Waals surface area contributed by atoms with Gasteiger partial charge in [-0.1, -0.05) is 54.1 Å². The molecule has 0 saturated heterocycles. The van der Waals surface area contributed by atoms with Crippen LogP contribution in [0.15, 0.2) is 49.1 Å². The smallest absolute Gasteiger partial charge is 0.475 e. The SMILES string of the molecule is C=CCc1ccc2c(N)c3ccccc3c(Cl)c2c1C.O=C(O)C(F)(F)F. The Balaban J connectivity index is 0.000000321. The van der Waals surface area contributed by atoms with Crippen molar-refractivity contribution in [2.75, 3.05) is 5.73 Å². The third kappa shape index (κ3) is 4.17. The second-order valence-electron chi connectivity index (χ2n) is 5.84. The van der Waals surface area contributed by atoms with E-state index in [1.54, 1.807) is 0 Å². The summed E-state index contributed by atoms with van der Waals surface area (Å²) in [7, 11) is 0. The van der Waals surface area contributed by atoms with Crippen LogP contribution in [0.1, 0.15) is 11.1 Å². The quantitative estimate of drug-likeness (QED) is 0.322. The van der Waals surface area contributed by atoms with Crippen LogP contribution in [-0.4, -0.2) is 17.3 Å². The average Bonchev–Trinajstić information content (AvgIpc) is 2.61. The maximum Gasteiger partial charge on any atom is 0.490 e. The van der Waals surface area contributed by atoms with Gasteiger partial charge in [-0.15, -0.1) is 6.58 Å². The van der Waals surface area contributed by atoms with Gasteiger partial charge < -0.3 is 10.8 Å². The van der Waals surface area contributed by atoms with E-state index in [2.05, 4.69) is 25.6 Å². The van der Waals surface area contributed by atoms with Gasteiger partial charge >= 0.3 is 12.1 Å². The topological polar surface area (TPSA) is 63.3 Å². The highest BCUT2D eigenvalue weighted by atomic mass is 35.5. The minimum Gasteiger partial charge on any atom is -0.475 e. The van der Waals surface area contributed by atoms with Gasteiger partial charge in [-0.3, -0.25) is 0 Å². The molecule has 142 valence electrons. The molecule has 0 saturated carbocycles. The fraction of sp³-hybridized carbons (Fsp3) is 0.150. The minimum atomic E-state index is -5.08. The number of carboxylic acids is 1. The number of anilines is 1. The molecule has 0 fully saturated rings. The molecule has 3 N–H and O–H groups in total. The third-order valence-corrected chi connectivity index (χ3v) is 4.54. The Morgan fingerprint density at radius 1 is 1.19 bits per heavy atom. The van der Waals surface area contributed by atoms with Crippen LogP contribution in [-0.2, 0) is 11.2 Å². The number of alkyl halides is 3. The number of rotatable bonds is 2. The number of allylic oxidation sites excluding steroid dienone is 1. The van der Waals surface area contributed by atoms with Crippen molar-refractivity contribution >= 4 is 44.8 Å². The van der Waals surface area contributed by atoms with Gasteiger partial charge in [-0.05, 0) is 24.5 Å². The van der Waals surface area contributed by atoms with Gasteiger partial charge in [0.05, 0.1) is 5.02 Å². The molecule has 0 bridgehead atoms. The molecule has 27 heavy (non-hydrogen) atoms. The molecule has 0 unspecified atom stereocenters. The lowest BCUT2D eigenvalue weighted by Crippen LogP contribution is -2.21. The summed E-state index contributed by atoms with van der Waals surface area (Å²) in [6.45, 7) is 5.91. The molecule has 0 radical (unpaired) electrons. The predicted octanol–water partition coefficient (Wildman–Crippen LogP) is 5.90. The van der Waals surface area contributed by atoms with E-state index >= 15 is 0 Å². The molecule has 7 heteroatoms. The van der Waals surface area contributed by atoms with Gasteiger partial charge in [0, 0.05) is 27.2 Å². The minimum absolute atomic E-state index is 0.785. The molecule has 3 nitrogen and oxygen atoms in total. The van der Waals surface area contributed by atoms with Crippen molar-refractivity contribution in [1.82, 2.24) is 0 Å². The second-order valence-corrected chi connectivity index (χ2v) is 6.22. The number of halogens is 4. The van der Waals surface area contributed by atoms with Crippen LogP contribution in [0.3, 0.4) is 0 Å². The molecule has 0 atom stereocenters. The number of hydrogen-bond acceptors (Lipinski definition) is 2. The van der Waals surface area contributed by atoms with Crippen molar-refractivity contribution in [2.24, 2.45) is 0 Å². The number of nitrogens with two attached hydrogens (primary N) is 1. The summed E-state index contributed by atoms with van der Waals surface area (Å²) >= 11 is 6.64. The van der Waals surface area contributed by atoms with E-state index in [1.165, 1.54) is 11.1 Å². The number of aliphatic carboxylic acids is 1. The maximum absolute atomic E-state index is 10.6. The number of carboxylic acid groups (broad SMARTS) is 1. The lowest BCUT2D eigenvalue weighted by molar-refractivity contribution is -0.192. The summed E-state index contributed by atoms with van der Waals surface area (Å²) in [6, 6.07) is 12.2. The van der Waals surface area contributed by atoms with Crippen LogP contribution in [0.2, 0.25) is 5.02 Å². The standard InChI is InChI=1S/C18H16ClN.C2HF3O2/c1-3-6-12-9-10-15-16(11(12)2)17(19)13-7-4-5-8-14(13)18(15)20;3-2(4,5)1(6)7/h3-5,7-10H,1,6,20H2,2H3;(H,6,7). The van der Waals surface area contributed by atoms with Gasteiger partial charge in [0.2, 0.25) is 0 Å².